The van der Waals surface area contributed by atoms with E-state index in [0.717, 1.165) is 34.7 Å². The summed E-state index contributed by atoms with van der Waals surface area (Å²) in [5.41, 5.74) is 2.79. The first kappa shape index (κ1) is 13.9. The van der Waals surface area contributed by atoms with Crippen LogP contribution < -0.4 is 4.74 Å². The van der Waals surface area contributed by atoms with Crippen LogP contribution in [0.3, 0.4) is 0 Å². The van der Waals surface area contributed by atoms with Crippen molar-refractivity contribution in [3.63, 3.8) is 0 Å². The van der Waals surface area contributed by atoms with E-state index < -0.39 is 0 Å². The summed E-state index contributed by atoms with van der Waals surface area (Å²) in [6.45, 7) is 5.22. The Bertz CT molecular complexity index is 816. The van der Waals surface area contributed by atoms with Crippen molar-refractivity contribution in [2.24, 2.45) is 0 Å². The van der Waals surface area contributed by atoms with Gasteiger partial charge in [0.25, 0.3) is 0 Å². The van der Waals surface area contributed by atoms with E-state index in [4.69, 9.17) is 21.5 Å². The molecule has 0 radical (unpaired) electrons. The Hall–Kier alpha value is -2.08. The van der Waals surface area contributed by atoms with Gasteiger partial charge in [0, 0.05) is 6.07 Å². The predicted molar refractivity (Wildman–Crippen MR) is 83.3 cm³/mol. The SMILES string of the molecule is CCCOc1cccc2c1[nH]c(=S)n2Cc1cc(C)no1. The number of ether oxygens (including phenoxy) is 1. The van der Waals surface area contributed by atoms with Crippen LogP contribution in [0.2, 0.25) is 0 Å². The first-order valence-electron chi connectivity index (χ1n) is 6.95. The van der Waals surface area contributed by atoms with Crippen molar-refractivity contribution in [1.82, 2.24) is 14.7 Å². The molecule has 3 aromatic rings. The van der Waals surface area contributed by atoms with Crippen molar-refractivity contribution in [3.8, 4) is 5.75 Å². The van der Waals surface area contributed by atoms with Crippen molar-refractivity contribution in [3.05, 3.63) is 40.5 Å². The molecule has 1 N–H and O–H groups in total. The molecule has 0 unspecified atom stereocenters. The molecule has 0 atom stereocenters. The number of nitrogens with one attached hydrogen (secondary N) is 1. The molecule has 0 aliphatic carbocycles. The van der Waals surface area contributed by atoms with E-state index in [0.29, 0.717) is 17.9 Å². The smallest absolute Gasteiger partial charge is 0.178 e. The number of benzene rings is 1. The molecule has 0 aliphatic rings. The van der Waals surface area contributed by atoms with Crippen LogP contribution in [0.25, 0.3) is 11.0 Å². The number of rotatable bonds is 5. The van der Waals surface area contributed by atoms with Crippen LogP contribution in [0.1, 0.15) is 24.8 Å². The highest BCUT2D eigenvalue weighted by Crippen LogP contribution is 2.25. The van der Waals surface area contributed by atoms with Gasteiger partial charge in [-0.2, -0.15) is 0 Å². The fraction of sp³-hybridized carbons (Fsp3) is 0.333. The topological polar surface area (TPSA) is 56.0 Å². The average Bonchev–Trinajstić information content (AvgIpc) is 3.02. The molecule has 0 amide bonds. The molecule has 0 spiro atoms. The van der Waals surface area contributed by atoms with E-state index >= 15 is 0 Å². The fourth-order valence-corrected chi connectivity index (χ4v) is 2.55. The molecule has 6 heteroatoms. The monoisotopic (exact) mass is 303 g/mol. The molecule has 110 valence electrons. The summed E-state index contributed by atoms with van der Waals surface area (Å²) in [5, 5.41) is 3.91. The maximum absolute atomic E-state index is 5.76. The Labute approximate surface area is 127 Å². The van der Waals surface area contributed by atoms with E-state index in [2.05, 4.69) is 17.1 Å². The first-order valence-corrected chi connectivity index (χ1v) is 7.36. The lowest BCUT2D eigenvalue weighted by molar-refractivity contribution is 0.320. The fourth-order valence-electron chi connectivity index (χ4n) is 2.29. The molecule has 5 nitrogen and oxygen atoms in total. The highest BCUT2D eigenvalue weighted by Gasteiger charge is 2.11. The summed E-state index contributed by atoms with van der Waals surface area (Å²) in [6, 6.07) is 7.85. The van der Waals surface area contributed by atoms with Crippen LogP contribution in [-0.2, 0) is 6.54 Å². The molecule has 1 aromatic carbocycles. The van der Waals surface area contributed by atoms with Gasteiger partial charge in [-0.1, -0.05) is 18.1 Å². The predicted octanol–water partition coefficient (Wildman–Crippen LogP) is 3.83. The number of para-hydroxylation sites is 1. The Morgan fingerprint density at radius 1 is 1.43 bits per heavy atom. The molecule has 3 rings (SSSR count). The van der Waals surface area contributed by atoms with Crippen molar-refractivity contribution in [2.45, 2.75) is 26.8 Å². The third kappa shape index (κ3) is 2.71. The second kappa shape index (κ2) is 5.73. The summed E-state index contributed by atoms with van der Waals surface area (Å²) in [6.07, 6.45) is 0.967. The lowest BCUT2D eigenvalue weighted by Gasteiger charge is -2.06. The Kier molecular flexibility index (Phi) is 3.79. The number of hydrogen-bond donors (Lipinski definition) is 1. The number of aryl methyl sites for hydroxylation is 1. The number of hydrogen-bond acceptors (Lipinski definition) is 4. The summed E-state index contributed by atoms with van der Waals surface area (Å²) in [4.78, 5) is 3.22. The number of aromatic amines is 1. The van der Waals surface area contributed by atoms with E-state index in [-0.39, 0.29) is 0 Å². The third-order valence-electron chi connectivity index (χ3n) is 3.22. The van der Waals surface area contributed by atoms with Crippen LogP contribution in [0.15, 0.2) is 28.8 Å². The lowest BCUT2D eigenvalue weighted by atomic mass is 10.3. The zero-order valence-electron chi connectivity index (χ0n) is 12.0. The van der Waals surface area contributed by atoms with Crippen LogP contribution in [0.4, 0.5) is 0 Å². The molecule has 0 bridgehead atoms. The van der Waals surface area contributed by atoms with E-state index in [9.17, 15) is 0 Å². The van der Waals surface area contributed by atoms with Crippen molar-refractivity contribution in [2.75, 3.05) is 6.61 Å². The second-order valence-electron chi connectivity index (χ2n) is 4.95. The quantitative estimate of drug-likeness (QED) is 0.728. The van der Waals surface area contributed by atoms with Gasteiger partial charge in [-0.3, -0.25) is 0 Å². The molecular formula is C15H17N3O2S. The number of fused-ring (bicyclic) bond motifs is 1. The molecule has 0 aliphatic heterocycles. The minimum absolute atomic E-state index is 0.552. The van der Waals surface area contributed by atoms with Crippen LogP contribution in [0.5, 0.6) is 5.75 Å². The highest BCUT2D eigenvalue weighted by molar-refractivity contribution is 7.71. The van der Waals surface area contributed by atoms with Crippen LogP contribution in [-0.4, -0.2) is 21.3 Å². The summed E-state index contributed by atoms with van der Waals surface area (Å²) in [5.74, 6) is 1.61. The number of nitrogens with zero attached hydrogens (tertiary/aromatic N) is 2. The van der Waals surface area contributed by atoms with Gasteiger partial charge in [0.05, 0.1) is 24.4 Å². The molecule has 0 saturated heterocycles. The maximum Gasteiger partial charge on any atom is 0.178 e. The molecule has 2 heterocycles. The molecule has 21 heavy (non-hydrogen) atoms. The van der Waals surface area contributed by atoms with E-state index in [1.807, 2.05) is 35.8 Å². The van der Waals surface area contributed by atoms with Gasteiger partial charge in [0.15, 0.2) is 10.5 Å². The summed E-state index contributed by atoms with van der Waals surface area (Å²) >= 11 is 5.42. The van der Waals surface area contributed by atoms with Gasteiger partial charge in [-0.15, -0.1) is 0 Å². The zero-order valence-corrected chi connectivity index (χ0v) is 12.9. The molecule has 0 saturated carbocycles. The lowest BCUT2D eigenvalue weighted by Crippen LogP contribution is -1.99. The van der Waals surface area contributed by atoms with Crippen molar-refractivity contribution >= 4 is 23.3 Å². The number of H-pyrrole nitrogens is 1. The van der Waals surface area contributed by atoms with Gasteiger partial charge < -0.3 is 18.8 Å². The largest absolute Gasteiger partial charge is 0.491 e. The minimum atomic E-state index is 0.552. The highest BCUT2D eigenvalue weighted by atomic mass is 32.1. The minimum Gasteiger partial charge on any atom is -0.491 e. The molecular weight excluding hydrogens is 286 g/mol. The van der Waals surface area contributed by atoms with Crippen molar-refractivity contribution < 1.29 is 9.26 Å². The summed E-state index contributed by atoms with van der Waals surface area (Å²) < 4.78 is 13.7. The number of imidazole rings is 1. The maximum atomic E-state index is 5.76. The van der Waals surface area contributed by atoms with E-state index in [1.165, 1.54) is 0 Å². The zero-order chi connectivity index (χ0) is 14.8. The van der Waals surface area contributed by atoms with Gasteiger partial charge >= 0.3 is 0 Å². The number of aromatic nitrogens is 3. The van der Waals surface area contributed by atoms with Crippen LogP contribution in [0, 0.1) is 11.7 Å². The van der Waals surface area contributed by atoms with Crippen LogP contribution >= 0.6 is 12.2 Å². The molecule has 2 aromatic heterocycles. The normalized spacial score (nSPS) is 11.1. The van der Waals surface area contributed by atoms with Crippen molar-refractivity contribution in [1.29, 1.82) is 0 Å². The standard InChI is InChI=1S/C15H17N3O2S/c1-3-7-19-13-6-4-5-12-14(13)16-15(21)18(12)9-11-8-10(2)17-20-11/h4-6,8H,3,7,9H2,1-2H3,(H,16,21). The summed E-state index contributed by atoms with van der Waals surface area (Å²) in [7, 11) is 0. The Morgan fingerprint density at radius 3 is 3.00 bits per heavy atom. The van der Waals surface area contributed by atoms with Gasteiger partial charge in [0.1, 0.15) is 11.3 Å². The van der Waals surface area contributed by atoms with Gasteiger partial charge in [-0.05, 0) is 37.7 Å². The second-order valence-corrected chi connectivity index (χ2v) is 5.34. The first-order chi connectivity index (χ1) is 10.2. The van der Waals surface area contributed by atoms with E-state index in [1.54, 1.807) is 0 Å². The molecule has 0 fully saturated rings. The Balaban J connectivity index is 2.03. The van der Waals surface area contributed by atoms with Gasteiger partial charge in [0.2, 0.25) is 0 Å². The third-order valence-corrected chi connectivity index (χ3v) is 3.55. The Morgan fingerprint density at radius 2 is 2.29 bits per heavy atom. The van der Waals surface area contributed by atoms with Gasteiger partial charge in [-0.25, -0.2) is 0 Å². The average molecular weight is 303 g/mol.